The van der Waals surface area contributed by atoms with Gasteiger partial charge in [0.1, 0.15) is 0 Å². The van der Waals surface area contributed by atoms with Gasteiger partial charge < -0.3 is 16.3 Å². The van der Waals surface area contributed by atoms with Crippen molar-refractivity contribution in [3.8, 4) is 0 Å². The second kappa shape index (κ2) is 6.21. The van der Waals surface area contributed by atoms with Crippen LogP contribution >= 0.6 is 15.9 Å². The second-order valence-electron chi connectivity index (χ2n) is 4.03. The maximum Gasteiger partial charge on any atom is 0.255 e. The third-order valence-electron chi connectivity index (χ3n) is 2.63. The van der Waals surface area contributed by atoms with Crippen molar-refractivity contribution in [2.24, 2.45) is 10.9 Å². The Balaban J connectivity index is 2.19. The molecule has 0 unspecified atom stereocenters. The highest BCUT2D eigenvalue weighted by Crippen LogP contribution is 2.15. The Labute approximate surface area is 124 Å². The van der Waals surface area contributed by atoms with E-state index >= 15 is 0 Å². The Morgan fingerprint density at radius 1 is 1.15 bits per heavy atom. The molecule has 0 aromatic heterocycles. The van der Waals surface area contributed by atoms with Gasteiger partial charge >= 0.3 is 0 Å². The first-order valence-electron chi connectivity index (χ1n) is 5.75. The lowest BCUT2D eigenvalue weighted by atomic mass is 10.1. The Bertz CT molecular complexity index is 654. The maximum atomic E-state index is 12.1. The molecule has 2 aromatic rings. The topological polar surface area (TPSA) is 87.7 Å². The van der Waals surface area contributed by atoms with Crippen molar-refractivity contribution < 1.29 is 10.0 Å². The first-order valence-corrected chi connectivity index (χ1v) is 6.54. The summed E-state index contributed by atoms with van der Waals surface area (Å²) >= 11 is 3.33. The van der Waals surface area contributed by atoms with Crippen LogP contribution in [0, 0.1) is 0 Å². The molecule has 0 saturated heterocycles. The molecule has 2 aromatic carbocycles. The van der Waals surface area contributed by atoms with Crippen LogP contribution < -0.4 is 11.1 Å². The lowest BCUT2D eigenvalue weighted by Gasteiger charge is -2.06. The predicted molar refractivity (Wildman–Crippen MR) is 81.0 cm³/mol. The number of hydrogen-bond donors (Lipinski definition) is 3. The SMILES string of the molecule is N/C(=N\O)c1cccc(C(=O)Nc2ccc(Br)cc2)c1. The number of hydrogen-bond acceptors (Lipinski definition) is 3. The molecule has 0 aliphatic heterocycles. The smallest absolute Gasteiger partial charge is 0.255 e. The van der Waals surface area contributed by atoms with Gasteiger partial charge in [0.2, 0.25) is 0 Å². The average molecular weight is 334 g/mol. The molecule has 0 aliphatic carbocycles. The molecule has 2 rings (SSSR count). The van der Waals surface area contributed by atoms with Gasteiger partial charge in [0, 0.05) is 21.3 Å². The minimum Gasteiger partial charge on any atom is -0.409 e. The zero-order valence-electron chi connectivity index (χ0n) is 10.4. The molecule has 0 fully saturated rings. The van der Waals surface area contributed by atoms with Crippen molar-refractivity contribution in [3.05, 3.63) is 64.1 Å². The number of nitrogens with zero attached hydrogens (tertiary/aromatic N) is 1. The second-order valence-corrected chi connectivity index (χ2v) is 4.94. The molecule has 0 aliphatic rings. The van der Waals surface area contributed by atoms with Crippen molar-refractivity contribution >= 4 is 33.4 Å². The van der Waals surface area contributed by atoms with Crippen LogP contribution in [0.4, 0.5) is 5.69 Å². The van der Waals surface area contributed by atoms with E-state index in [1.54, 1.807) is 36.4 Å². The van der Waals surface area contributed by atoms with E-state index in [1.165, 1.54) is 0 Å². The number of amides is 1. The summed E-state index contributed by atoms with van der Waals surface area (Å²) in [5, 5.41) is 14.3. The third-order valence-corrected chi connectivity index (χ3v) is 3.16. The van der Waals surface area contributed by atoms with E-state index in [1.807, 2.05) is 12.1 Å². The molecule has 0 radical (unpaired) electrons. The van der Waals surface area contributed by atoms with Crippen LogP contribution in [0.2, 0.25) is 0 Å². The van der Waals surface area contributed by atoms with Crippen LogP contribution in [0.15, 0.2) is 58.2 Å². The molecule has 20 heavy (non-hydrogen) atoms. The van der Waals surface area contributed by atoms with Crippen LogP contribution in [0.5, 0.6) is 0 Å². The molecule has 1 amide bonds. The summed E-state index contributed by atoms with van der Waals surface area (Å²) < 4.78 is 0.935. The third kappa shape index (κ3) is 3.36. The highest BCUT2D eigenvalue weighted by atomic mass is 79.9. The number of nitrogens with one attached hydrogen (secondary N) is 1. The molecule has 0 atom stereocenters. The molecule has 4 N–H and O–H groups in total. The Morgan fingerprint density at radius 2 is 1.80 bits per heavy atom. The van der Waals surface area contributed by atoms with Crippen molar-refractivity contribution in [1.29, 1.82) is 0 Å². The minimum atomic E-state index is -0.264. The largest absolute Gasteiger partial charge is 0.409 e. The number of amidine groups is 1. The Hall–Kier alpha value is -2.34. The van der Waals surface area contributed by atoms with E-state index in [4.69, 9.17) is 10.9 Å². The summed E-state index contributed by atoms with van der Waals surface area (Å²) in [4.78, 5) is 12.1. The van der Waals surface area contributed by atoms with Crippen LogP contribution in [-0.2, 0) is 0 Å². The van der Waals surface area contributed by atoms with Gasteiger partial charge in [-0.25, -0.2) is 0 Å². The summed E-state index contributed by atoms with van der Waals surface area (Å²) in [5.41, 5.74) is 7.09. The first kappa shape index (κ1) is 14.1. The van der Waals surface area contributed by atoms with Crippen LogP contribution in [0.25, 0.3) is 0 Å². The van der Waals surface area contributed by atoms with Crippen molar-refractivity contribution in [3.63, 3.8) is 0 Å². The van der Waals surface area contributed by atoms with Crippen LogP contribution in [-0.4, -0.2) is 17.0 Å². The normalized spacial score (nSPS) is 11.2. The lowest BCUT2D eigenvalue weighted by Crippen LogP contribution is -2.16. The molecule has 0 saturated carbocycles. The van der Waals surface area contributed by atoms with Gasteiger partial charge in [0.05, 0.1) is 0 Å². The number of anilines is 1. The summed E-state index contributed by atoms with van der Waals surface area (Å²) in [6.45, 7) is 0. The summed E-state index contributed by atoms with van der Waals surface area (Å²) in [5.74, 6) is -0.303. The molecular weight excluding hydrogens is 322 g/mol. The monoisotopic (exact) mass is 333 g/mol. The fourth-order valence-electron chi connectivity index (χ4n) is 1.61. The van der Waals surface area contributed by atoms with E-state index in [2.05, 4.69) is 26.4 Å². The number of oxime groups is 1. The molecule has 0 spiro atoms. The standard InChI is InChI=1S/C14H12BrN3O2/c15-11-4-6-12(7-5-11)17-14(19)10-3-1-2-9(8-10)13(16)18-20/h1-8,20H,(H2,16,18)(H,17,19). The highest BCUT2D eigenvalue weighted by molar-refractivity contribution is 9.10. The van der Waals surface area contributed by atoms with Crippen LogP contribution in [0.3, 0.4) is 0 Å². The number of benzene rings is 2. The van der Waals surface area contributed by atoms with E-state index in [0.29, 0.717) is 16.8 Å². The van der Waals surface area contributed by atoms with Gasteiger partial charge in [-0.15, -0.1) is 0 Å². The van der Waals surface area contributed by atoms with Crippen molar-refractivity contribution in [1.82, 2.24) is 0 Å². The van der Waals surface area contributed by atoms with Crippen molar-refractivity contribution in [2.45, 2.75) is 0 Å². The number of carbonyl (C=O) groups is 1. The maximum absolute atomic E-state index is 12.1. The van der Waals surface area contributed by atoms with Gasteiger partial charge in [-0.3, -0.25) is 4.79 Å². The summed E-state index contributed by atoms with van der Waals surface area (Å²) in [6, 6.07) is 13.8. The quantitative estimate of drug-likeness (QED) is 0.349. The fraction of sp³-hybridized carbons (Fsp3) is 0. The summed E-state index contributed by atoms with van der Waals surface area (Å²) in [6.07, 6.45) is 0. The first-order chi connectivity index (χ1) is 9.60. The highest BCUT2D eigenvalue weighted by Gasteiger charge is 2.08. The van der Waals surface area contributed by atoms with Gasteiger partial charge in [-0.2, -0.15) is 0 Å². The zero-order chi connectivity index (χ0) is 14.5. The van der Waals surface area contributed by atoms with Gasteiger partial charge in [-0.1, -0.05) is 33.2 Å². The van der Waals surface area contributed by atoms with E-state index in [9.17, 15) is 4.79 Å². The van der Waals surface area contributed by atoms with Gasteiger partial charge in [0.25, 0.3) is 5.91 Å². The Kier molecular flexibility index (Phi) is 4.37. The molecular formula is C14H12BrN3O2. The van der Waals surface area contributed by atoms with Crippen LogP contribution in [0.1, 0.15) is 15.9 Å². The van der Waals surface area contributed by atoms with E-state index in [0.717, 1.165) is 4.47 Å². The molecule has 0 bridgehead atoms. The number of nitrogens with two attached hydrogens (primary N) is 1. The van der Waals surface area contributed by atoms with Gasteiger partial charge in [-0.05, 0) is 36.4 Å². The zero-order valence-corrected chi connectivity index (χ0v) is 12.0. The van der Waals surface area contributed by atoms with E-state index < -0.39 is 0 Å². The fourth-order valence-corrected chi connectivity index (χ4v) is 1.88. The molecule has 6 heteroatoms. The van der Waals surface area contributed by atoms with Gasteiger partial charge in [0.15, 0.2) is 5.84 Å². The lowest BCUT2D eigenvalue weighted by molar-refractivity contribution is 0.102. The Morgan fingerprint density at radius 3 is 2.45 bits per heavy atom. The molecule has 5 nitrogen and oxygen atoms in total. The number of halogens is 1. The summed E-state index contributed by atoms with van der Waals surface area (Å²) in [7, 11) is 0. The minimum absolute atomic E-state index is 0.0386. The van der Waals surface area contributed by atoms with E-state index in [-0.39, 0.29) is 11.7 Å². The number of carbonyl (C=O) groups excluding carboxylic acids is 1. The molecule has 102 valence electrons. The number of rotatable bonds is 3. The molecule has 0 heterocycles. The predicted octanol–water partition coefficient (Wildman–Crippen LogP) is 2.80. The van der Waals surface area contributed by atoms with Crippen molar-refractivity contribution in [2.75, 3.05) is 5.32 Å². The average Bonchev–Trinajstić information content (AvgIpc) is 2.49.